The molecule has 5 heteroatoms. The number of hydrogen-bond acceptors (Lipinski definition) is 5. The Kier molecular flexibility index (Phi) is 3.93. The van der Waals surface area contributed by atoms with Crippen LogP contribution in [0.3, 0.4) is 0 Å². The Labute approximate surface area is 105 Å². The highest BCUT2D eigenvalue weighted by molar-refractivity contribution is 7.98. The second-order valence-corrected chi connectivity index (χ2v) is 4.51. The van der Waals surface area contributed by atoms with Gasteiger partial charge in [-0.15, -0.1) is 0 Å². The molecule has 0 aliphatic heterocycles. The van der Waals surface area contributed by atoms with Crippen molar-refractivity contribution in [3.05, 3.63) is 41.9 Å². The lowest BCUT2D eigenvalue weighted by Gasteiger charge is -2.03. The van der Waals surface area contributed by atoms with Gasteiger partial charge in [0.15, 0.2) is 5.16 Å². The van der Waals surface area contributed by atoms with E-state index in [1.165, 1.54) is 5.56 Å². The number of pyridine rings is 1. The van der Waals surface area contributed by atoms with Gasteiger partial charge in [-0.3, -0.25) is 0 Å². The number of aromatic nitrogens is 3. The van der Waals surface area contributed by atoms with Crippen LogP contribution < -0.4 is 5.32 Å². The molecule has 0 fully saturated rings. The first-order valence-corrected chi connectivity index (χ1v) is 6.31. The highest BCUT2D eigenvalue weighted by atomic mass is 32.2. The first kappa shape index (κ1) is 11.9. The Morgan fingerprint density at radius 1 is 1.24 bits per heavy atom. The quantitative estimate of drug-likeness (QED) is 0.663. The van der Waals surface area contributed by atoms with Gasteiger partial charge in [0.2, 0.25) is 0 Å². The molecule has 0 spiro atoms. The molecular formula is C12H14N4S. The van der Waals surface area contributed by atoms with Crippen molar-refractivity contribution in [3.8, 4) is 0 Å². The summed E-state index contributed by atoms with van der Waals surface area (Å²) < 4.78 is 0. The maximum absolute atomic E-state index is 4.35. The third kappa shape index (κ3) is 3.42. The first-order chi connectivity index (χ1) is 8.28. The maximum Gasteiger partial charge on any atom is 0.188 e. The first-order valence-electron chi connectivity index (χ1n) is 5.33. The summed E-state index contributed by atoms with van der Waals surface area (Å²) in [6.45, 7) is 1.97. The van der Waals surface area contributed by atoms with Gasteiger partial charge in [-0.1, -0.05) is 11.8 Å². The van der Waals surface area contributed by atoms with Gasteiger partial charge in [0, 0.05) is 30.9 Å². The fourth-order valence-electron chi connectivity index (χ4n) is 1.34. The van der Waals surface area contributed by atoms with Gasteiger partial charge in [-0.2, -0.15) is 0 Å². The minimum atomic E-state index is 0.813. The number of aryl methyl sites for hydroxylation is 1. The molecular weight excluding hydrogens is 232 g/mol. The molecule has 0 saturated carbocycles. The van der Waals surface area contributed by atoms with Crippen molar-refractivity contribution < 1.29 is 0 Å². The number of nitrogens with zero attached hydrogens (tertiary/aromatic N) is 3. The zero-order chi connectivity index (χ0) is 12.1. The van der Waals surface area contributed by atoms with Crippen LogP contribution >= 0.6 is 11.8 Å². The monoisotopic (exact) mass is 246 g/mol. The molecule has 88 valence electrons. The van der Waals surface area contributed by atoms with Crippen LogP contribution in [0.25, 0.3) is 0 Å². The van der Waals surface area contributed by atoms with Gasteiger partial charge in [0.05, 0.1) is 0 Å². The molecule has 2 aromatic heterocycles. The molecule has 2 rings (SSSR count). The Bertz CT molecular complexity index is 501. The van der Waals surface area contributed by atoms with E-state index in [-0.39, 0.29) is 0 Å². The second-order valence-electron chi connectivity index (χ2n) is 3.57. The van der Waals surface area contributed by atoms with Crippen LogP contribution in [0.4, 0.5) is 5.82 Å². The van der Waals surface area contributed by atoms with Gasteiger partial charge in [0.25, 0.3) is 0 Å². The molecule has 0 radical (unpaired) electrons. The molecule has 17 heavy (non-hydrogen) atoms. The van der Waals surface area contributed by atoms with Crippen LogP contribution in [-0.2, 0) is 5.75 Å². The number of nitrogens with one attached hydrogen (secondary N) is 1. The summed E-state index contributed by atoms with van der Waals surface area (Å²) in [7, 11) is 1.86. The minimum absolute atomic E-state index is 0.813. The molecule has 0 amide bonds. The van der Waals surface area contributed by atoms with E-state index in [0.717, 1.165) is 22.4 Å². The van der Waals surface area contributed by atoms with Crippen LogP contribution in [0.5, 0.6) is 0 Å². The van der Waals surface area contributed by atoms with E-state index in [1.807, 2.05) is 32.2 Å². The fraction of sp³-hybridized carbons (Fsp3) is 0.250. The Balaban J connectivity index is 2.02. The SMILES string of the molecule is CNc1cc(CSc2nccc(C)n2)ccn1. The van der Waals surface area contributed by atoms with Crippen molar-refractivity contribution in [2.45, 2.75) is 17.8 Å². The van der Waals surface area contributed by atoms with Gasteiger partial charge >= 0.3 is 0 Å². The van der Waals surface area contributed by atoms with Crippen LogP contribution in [-0.4, -0.2) is 22.0 Å². The lowest BCUT2D eigenvalue weighted by molar-refractivity contribution is 0.932. The van der Waals surface area contributed by atoms with Crippen LogP contribution in [0, 0.1) is 6.92 Å². The van der Waals surface area contributed by atoms with Crippen LogP contribution in [0.1, 0.15) is 11.3 Å². The Morgan fingerprint density at radius 3 is 2.82 bits per heavy atom. The molecule has 0 bridgehead atoms. The molecule has 0 aliphatic rings. The van der Waals surface area contributed by atoms with Crippen molar-refractivity contribution in [3.63, 3.8) is 0 Å². The Morgan fingerprint density at radius 2 is 2.06 bits per heavy atom. The van der Waals surface area contributed by atoms with Crippen molar-refractivity contribution in [1.82, 2.24) is 15.0 Å². The number of rotatable bonds is 4. The lowest BCUT2D eigenvalue weighted by atomic mass is 10.3. The summed E-state index contributed by atoms with van der Waals surface area (Å²) in [5.74, 6) is 1.73. The standard InChI is InChI=1S/C12H14N4S/c1-9-3-5-15-12(16-9)17-8-10-4-6-14-11(7-10)13-2/h3-7H,8H2,1-2H3,(H,13,14). The van der Waals surface area contributed by atoms with E-state index >= 15 is 0 Å². The van der Waals surface area contributed by atoms with Crippen LogP contribution in [0.2, 0.25) is 0 Å². The average molecular weight is 246 g/mol. The minimum Gasteiger partial charge on any atom is -0.373 e. The summed E-state index contributed by atoms with van der Waals surface area (Å²) in [6, 6.07) is 5.93. The van der Waals surface area contributed by atoms with E-state index in [0.29, 0.717) is 0 Å². The van der Waals surface area contributed by atoms with Crippen molar-refractivity contribution in [2.75, 3.05) is 12.4 Å². The number of thioether (sulfide) groups is 1. The summed E-state index contributed by atoms with van der Waals surface area (Å²) in [5, 5.41) is 3.84. The molecule has 4 nitrogen and oxygen atoms in total. The third-order valence-corrected chi connectivity index (χ3v) is 3.15. The van der Waals surface area contributed by atoms with Crippen molar-refractivity contribution >= 4 is 17.6 Å². The number of hydrogen-bond donors (Lipinski definition) is 1. The molecule has 2 heterocycles. The summed E-state index contributed by atoms with van der Waals surface area (Å²) in [6.07, 6.45) is 3.59. The molecule has 0 aliphatic carbocycles. The zero-order valence-corrected chi connectivity index (χ0v) is 10.7. The molecule has 0 saturated heterocycles. The van der Waals surface area contributed by atoms with Crippen LogP contribution in [0.15, 0.2) is 35.7 Å². The summed E-state index contributed by atoms with van der Waals surface area (Å²) in [4.78, 5) is 12.7. The number of anilines is 1. The van der Waals surface area contributed by atoms with Gasteiger partial charge in [-0.05, 0) is 30.7 Å². The molecule has 0 atom stereocenters. The molecule has 1 N–H and O–H groups in total. The lowest BCUT2D eigenvalue weighted by Crippen LogP contribution is -1.93. The third-order valence-electron chi connectivity index (χ3n) is 2.22. The predicted molar refractivity (Wildman–Crippen MR) is 70.1 cm³/mol. The van der Waals surface area contributed by atoms with Crippen molar-refractivity contribution in [2.24, 2.45) is 0 Å². The molecule has 2 aromatic rings. The topological polar surface area (TPSA) is 50.7 Å². The van der Waals surface area contributed by atoms with E-state index in [9.17, 15) is 0 Å². The largest absolute Gasteiger partial charge is 0.373 e. The van der Waals surface area contributed by atoms with Gasteiger partial charge in [0.1, 0.15) is 5.82 Å². The van der Waals surface area contributed by atoms with E-state index in [1.54, 1.807) is 24.2 Å². The highest BCUT2D eigenvalue weighted by Gasteiger charge is 2.00. The van der Waals surface area contributed by atoms with Gasteiger partial charge < -0.3 is 5.32 Å². The van der Waals surface area contributed by atoms with E-state index in [4.69, 9.17) is 0 Å². The maximum atomic E-state index is 4.35. The Hall–Kier alpha value is -1.62. The molecule has 0 unspecified atom stereocenters. The second kappa shape index (κ2) is 5.63. The van der Waals surface area contributed by atoms with E-state index in [2.05, 4.69) is 20.3 Å². The average Bonchev–Trinajstić information content (AvgIpc) is 2.37. The normalized spacial score (nSPS) is 10.2. The van der Waals surface area contributed by atoms with Crippen molar-refractivity contribution in [1.29, 1.82) is 0 Å². The summed E-state index contributed by atoms with van der Waals surface area (Å²) in [5.41, 5.74) is 2.20. The predicted octanol–water partition coefficient (Wildman–Crippen LogP) is 2.51. The zero-order valence-electron chi connectivity index (χ0n) is 9.84. The van der Waals surface area contributed by atoms with E-state index < -0.39 is 0 Å². The fourth-order valence-corrected chi connectivity index (χ4v) is 2.16. The smallest absolute Gasteiger partial charge is 0.188 e. The summed E-state index contributed by atoms with van der Waals surface area (Å²) >= 11 is 1.63. The highest BCUT2D eigenvalue weighted by Crippen LogP contribution is 2.19. The van der Waals surface area contributed by atoms with Gasteiger partial charge in [-0.25, -0.2) is 15.0 Å². The molecule has 0 aromatic carbocycles.